The summed E-state index contributed by atoms with van der Waals surface area (Å²) in [7, 11) is 0. The molecule has 180 valence electrons. The molecule has 0 aliphatic carbocycles. The van der Waals surface area contributed by atoms with Gasteiger partial charge in [0.05, 0.1) is 5.57 Å². The Balaban J connectivity index is 1.43. The molecule has 36 heavy (non-hydrogen) atoms. The smallest absolute Gasteiger partial charge is 0.337 e. The first kappa shape index (κ1) is 23.6. The largest absolute Gasteiger partial charge is 0.457 e. The second-order valence-electron chi connectivity index (χ2n) is 8.75. The monoisotopic (exact) mass is 495 g/mol. The van der Waals surface area contributed by atoms with Gasteiger partial charge in [-0.25, -0.2) is 9.78 Å². The van der Waals surface area contributed by atoms with Crippen molar-refractivity contribution < 1.29 is 14.3 Å². The number of allylic oxidation sites excluding steroid dienone is 3. The molecule has 1 N–H and O–H groups in total. The summed E-state index contributed by atoms with van der Waals surface area (Å²) in [6.07, 6.45) is 5.26. The Labute approximate surface area is 213 Å². The number of ether oxygens (including phenoxy) is 1. The molecule has 0 radical (unpaired) electrons. The third-order valence-electron chi connectivity index (χ3n) is 6.39. The van der Waals surface area contributed by atoms with Crippen LogP contribution < -0.4 is 5.32 Å². The maximum absolute atomic E-state index is 13.5. The van der Waals surface area contributed by atoms with Gasteiger partial charge >= 0.3 is 5.97 Å². The van der Waals surface area contributed by atoms with Gasteiger partial charge in [-0.1, -0.05) is 30.3 Å². The minimum Gasteiger partial charge on any atom is -0.457 e. The maximum atomic E-state index is 13.5. The summed E-state index contributed by atoms with van der Waals surface area (Å²) < 4.78 is 5.79. The molecule has 1 aliphatic heterocycles. The zero-order chi connectivity index (χ0) is 25.2. The Morgan fingerprint density at radius 2 is 1.64 bits per heavy atom. The van der Waals surface area contributed by atoms with Gasteiger partial charge < -0.3 is 10.1 Å². The van der Waals surface area contributed by atoms with E-state index in [1.807, 2.05) is 67.8 Å². The van der Waals surface area contributed by atoms with E-state index < -0.39 is 11.9 Å². The van der Waals surface area contributed by atoms with Gasteiger partial charge in [0.1, 0.15) is 11.4 Å². The van der Waals surface area contributed by atoms with Crippen molar-refractivity contribution in [1.29, 1.82) is 0 Å². The number of ketones is 1. The Bertz CT molecular complexity index is 1520. The van der Waals surface area contributed by atoms with Gasteiger partial charge in [0.25, 0.3) is 0 Å². The molecule has 0 fully saturated rings. The van der Waals surface area contributed by atoms with Crippen LogP contribution in [0.2, 0.25) is 0 Å². The summed E-state index contributed by atoms with van der Waals surface area (Å²) in [5.41, 5.74) is 6.35. The SMILES string of the molecule is CC(=O)C1=C(C)NC(C)=C(C(=O)OCc2ccc(-c3ccncc3)cc2)C1c1csc2ncccc12. The number of thiophene rings is 1. The Morgan fingerprint density at radius 3 is 2.36 bits per heavy atom. The van der Waals surface area contributed by atoms with Crippen molar-refractivity contribution >= 4 is 33.3 Å². The number of pyridine rings is 2. The number of fused-ring (bicyclic) bond motifs is 1. The van der Waals surface area contributed by atoms with Crippen molar-refractivity contribution in [3.8, 4) is 11.1 Å². The van der Waals surface area contributed by atoms with Gasteiger partial charge in [0.2, 0.25) is 0 Å². The fraction of sp³-hybridized carbons (Fsp3) is 0.172. The molecular formula is C29H25N3O3S. The lowest BCUT2D eigenvalue weighted by Crippen LogP contribution is -2.31. The van der Waals surface area contributed by atoms with Crippen LogP contribution in [-0.2, 0) is 20.9 Å². The highest BCUT2D eigenvalue weighted by Crippen LogP contribution is 2.43. The van der Waals surface area contributed by atoms with Crippen molar-refractivity contribution in [2.75, 3.05) is 0 Å². The summed E-state index contributed by atoms with van der Waals surface area (Å²) >= 11 is 1.50. The first-order chi connectivity index (χ1) is 17.4. The molecule has 4 aromatic rings. The molecule has 1 atom stereocenters. The molecule has 7 heteroatoms. The molecule has 1 aliphatic rings. The topological polar surface area (TPSA) is 81.2 Å². The highest BCUT2D eigenvalue weighted by atomic mass is 32.1. The predicted octanol–water partition coefficient (Wildman–Crippen LogP) is 5.93. The number of Topliss-reactive ketones (excluding diaryl/α,β-unsaturated/α-hetero) is 1. The number of dihydropyridines is 1. The number of aromatic nitrogens is 2. The Kier molecular flexibility index (Phi) is 6.48. The molecule has 5 rings (SSSR count). The fourth-order valence-corrected chi connectivity index (χ4v) is 5.65. The van der Waals surface area contributed by atoms with Crippen molar-refractivity contribution in [3.63, 3.8) is 0 Å². The van der Waals surface area contributed by atoms with Gasteiger partial charge in [-0.2, -0.15) is 0 Å². The van der Waals surface area contributed by atoms with E-state index in [4.69, 9.17) is 4.74 Å². The standard InChI is InChI=1S/C29H25N3O3S/c1-17-25(19(3)33)27(24-16-36-28-23(24)5-4-12-31-28)26(18(2)32-17)29(34)35-15-20-6-8-21(9-7-20)22-10-13-30-14-11-22/h4-14,16,27,32H,15H2,1-3H3. The summed E-state index contributed by atoms with van der Waals surface area (Å²) in [5.74, 6) is -1.06. The molecule has 0 spiro atoms. The fourth-order valence-electron chi connectivity index (χ4n) is 4.72. The summed E-state index contributed by atoms with van der Waals surface area (Å²) in [5, 5.41) is 6.15. The highest BCUT2D eigenvalue weighted by molar-refractivity contribution is 7.16. The van der Waals surface area contributed by atoms with E-state index in [9.17, 15) is 9.59 Å². The van der Waals surface area contributed by atoms with Gasteiger partial charge in [-0.05, 0) is 66.6 Å². The zero-order valence-corrected chi connectivity index (χ0v) is 21.1. The number of esters is 1. The number of carbonyl (C=O) groups excluding carboxylic acids is 2. The van der Waals surface area contributed by atoms with E-state index in [1.165, 1.54) is 18.3 Å². The minimum absolute atomic E-state index is 0.0854. The number of hydrogen-bond donors (Lipinski definition) is 1. The van der Waals surface area contributed by atoms with Crippen LogP contribution in [0.25, 0.3) is 21.3 Å². The third kappa shape index (κ3) is 4.45. The number of rotatable bonds is 6. The first-order valence-electron chi connectivity index (χ1n) is 11.6. The Hall–Kier alpha value is -4.10. The summed E-state index contributed by atoms with van der Waals surface area (Å²) in [4.78, 5) is 35.6. The number of carbonyl (C=O) groups is 2. The molecule has 0 saturated carbocycles. The maximum Gasteiger partial charge on any atom is 0.337 e. The molecule has 1 aromatic carbocycles. The van der Waals surface area contributed by atoms with Gasteiger partial charge in [0, 0.05) is 46.9 Å². The van der Waals surface area contributed by atoms with Crippen molar-refractivity contribution in [1.82, 2.24) is 15.3 Å². The van der Waals surface area contributed by atoms with Crippen LogP contribution in [0.4, 0.5) is 0 Å². The molecule has 4 heterocycles. The van der Waals surface area contributed by atoms with E-state index in [2.05, 4.69) is 15.3 Å². The van der Waals surface area contributed by atoms with E-state index >= 15 is 0 Å². The van der Waals surface area contributed by atoms with Crippen molar-refractivity contribution in [2.24, 2.45) is 0 Å². The molecule has 0 amide bonds. The molecular weight excluding hydrogens is 470 g/mol. The Morgan fingerprint density at radius 1 is 0.944 bits per heavy atom. The van der Waals surface area contributed by atoms with Crippen LogP contribution in [0.1, 0.15) is 37.8 Å². The van der Waals surface area contributed by atoms with Gasteiger partial charge in [-0.15, -0.1) is 11.3 Å². The zero-order valence-electron chi connectivity index (χ0n) is 20.2. The number of nitrogens with one attached hydrogen (secondary N) is 1. The van der Waals surface area contributed by atoms with Crippen LogP contribution in [0.15, 0.2) is 95.0 Å². The van der Waals surface area contributed by atoms with Crippen LogP contribution in [0.5, 0.6) is 0 Å². The molecule has 0 saturated heterocycles. The van der Waals surface area contributed by atoms with Gasteiger partial charge in [-0.3, -0.25) is 9.78 Å². The average Bonchev–Trinajstić information content (AvgIpc) is 3.31. The second kappa shape index (κ2) is 9.87. The predicted molar refractivity (Wildman–Crippen MR) is 141 cm³/mol. The quantitative estimate of drug-likeness (QED) is 0.334. The minimum atomic E-state index is -0.525. The highest BCUT2D eigenvalue weighted by Gasteiger charge is 2.37. The second-order valence-corrected chi connectivity index (χ2v) is 9.61. The number of hydrogen-bond acceptors (Lipinski definition) is 7. The van der Waals surface area contributed by atoms with Gasteiger partial charge in [0.15, 0.2) is 5.78 Å². The van der Waals surface area contributed by atoms with Crippen LogP contribution in [-0.4, -0.2) is 21.7 Å². The number of nitrogens with zero attached hydrogens (tertiary/aromatic N) is 2. The number of benzene rings is 1. The van der Waals surface area contributed by atoms with Crippen molar-refractivity contribution in [3.05, 3.63) is 106 Å². The third-order valence-corrected chi connectivity index (χ3v) is 7.31. The van der Waals surface area contributed by atoms with E-state index in [1.54, 1.807) is 18.6 Å². The summed E-state index contributed by atoms with van der Waals surface area (Å²) in [6, 6.07) is 15.6. The van der Waals surface area contributed by atoms with E-state index in [0.29, 0.717) is 16.8 Å². The first-order valence-corrected chi connectivity index (χ1v) is 12.5. The summed E-state index contributed by atoms with van der Waals surface area (Å²) in [6.45, 7) is 5.38. The van der Waals surface area contributed by atoms with Crippen LogP contribution in [0, 0.1) is 0 Å². The normalized spacial score (nSPS) is 15.7. The molecule has 6 nitrogen and oxygen atoms in total. The van der Waals surface area contributed by atoms with Crippen LogP contribution in [0.3, 0.4) is 0 Å². The van der Waals surface area contributed by atoms with Crippen LogP contribution >= 0.6 is 11.3 Å². The van der Waals surface area contributed by atoms with Crippen molar-refractivity contribution in [2.45, 2.75) is 33.3 Å². The average molecular weight is 496 g/mol. The molecule has 0 bridgehead atoms. The lowest BCUT2D eigenvalue weighted by Gasteiger charge is -2.30. The molecule has 3 aromatic heterocycles. The van der Waals surface area contributed by atoms with E-state index in [0.717, 1.165) is 38.2 Å². The lowest BCUT2D eigenvalue weighted by atomic mass is 9.79. The lowest BCUT2D eigenvalue weighted by molar-refractivity contribution is -0.140. The van der Waals surface area contributed by atoms with E-state index in [-0.39, 0.29) is 12.4 Å². The molecule has 1 unspecified atom stereocenters.